The Bertz CT molecular complexity index is 824. The van der Waals surface area contributed by atoms with Crippen LogP contribution in [0.2, 0.25) is 5.15 Å². The number of para-hydroxylation sites is 1. The second-order valence-electron chi connectivity index (χ2n) is 5.02. The standard InChI is InChI=1S/C18H16ClNO3/c1-22-13-6-8-14(9-7-13)23-11-10-20-17-5-3-2-4-15(17)16(12-21)18(20)19/h2-9,12H,10-11H2,1H3. The van der Waals surface area contributed by atoms with E-state index in [-0.39, 0.29) is 0 Å². The largest absolute Gasteiger partial charge is 0.497 e. The summed E-state index contributed by atoms with van der Waals surface area (Å²) < 4.78 is 12.7. The highest BCUT2D eigenvalue weighted by molar-refractivity contribution is 6.34. The lowest BCUT2D eigenvalue weighted by Gasteiger charge is -2.10. The summed E-state index contributed by atoms with van der Waals surface area (Å²) in [4.78, 5) is 11.3. The molecule has 0 N–H and O–H groups in total. The molecule has 23 heavy (non-hydrogen) atoms. The first kappa shape index (κ1) is 15.4. The van der Waals surface area contributed by atoms with Gasteiger partial charge in [-0.3, -0.25) is 4.79 Å². The van der Waals surface area contributed by atoms with E-state index in [1.807, 2.05) is 53.1 Å². The van der Waals surface area contributed by atoms with Crippen LogP contribution in [0.25, 0.3) is 10.9 Å². The number of carbonyl (C=O) groups is 1. The lowest BCUT2D eigenvalue weighted by molar-refractivity contribution is 0.112. The molecule has 3 rings (SSSR count). The summed E-state index contributed by atoms with van der Waals surface area (Å²) in [6.45, 7) is 1.00. The summed E-state index contributed by atoms with van der Waals surface area (Å²) in [7, 11) is 1.62. The Morgan fingerprint density at radius 1 is 1.09 bits per heavy atom. The van der Waals surface area contributed by atoms with Gasteiger partial charge in [0.25, 0.3) is 0 Å². The van der Waals surface area contributed by atoms with Crippen molar-refractivity contribution in [2.24, 2.45) is 0 Å². The minimum absolute atomic E-state index is 0.444. The van der Waals surface area contributed by atoms with Gasteiger partial charge in [0.1, 0.15) is 23.3 Å². The minimum Gasteiger partial charge on any atom is -0.497 e. The molecule has 0 saturated carbocycles. The van der Waals surface area contributed by atoms with Gasteiger partial charge < -0.3 is 14.0 Å². The molecule has 0 saturated heterocycles. The number of nitrogens with zero attached hydrogens (tertiary/aromatic N) is 1. The van der Waals surface area contributed by atoms with E-state index in [9.17, 15) is 4.79 Å². The van der Waals surface area contributed by atoms with E-state index in [2.05, 4.69) is 0 Å². The highest BCUT2D eigenvalue weighted by Crippen LogP contribution is 2.28. The van der Waals surface area contributed by atoms with Crippen molar-refractivity contribution in [1.82, 2.24) is 4.57 Å². The van der Waals surface area contributed by atoms with Crippen LogP contribution in [0.4, 0.5) is 0 Å². The highest BCUT2D eigenvalue weighted by Gasteiger charge is 2.14. The van der Waals surface area contributed by atoms with Crippen molar-refractivity contribution in [1.29, 1.82) is 0 Å². The molecule has 3 aromatic rings. The Morgan fingerprint density at radius 2 is 1.78 bits per heavy atom. The third-order valence-electron chi connectivity index (χ3n) is 3.71. The highest BCUT2D eigenvalue weighted by atomic mass is 35.5. The van der Waals surface area contributed by atoms with Crippen molar-refractivity contribution in [3.63, 3.8) is 0 Å². The van der Waals surface area contributed by atoms with Crippen LogP contribution in [0.15, 0.2) is 48.5 Å². The monoisotopic (exact) mass is 329 g/mol. The Hall–Kier alpha value is -2.46. The van der Waals surface area contributed by atoms with Crippen molar-refractivity contribution in [3.8, 4) is 11.5 Å². The molecule has 4 nitrogen and oxygen atoms in total. The maximum atomic E-state index is 11.3. The first-order valence-corrected chi connectivity index (χ1v) is 7.61. The molecule has 5 heteroatoms. The third kappa shape index (κ3) is 3.03. The molecule has 0 aliphatic rings. The molecule has 118 valence electrons. The zero-order valence-electron chi connectivity index (χ0n) is 12.7. The summed E-state index contributed by atoms with van der Waals surface area (Å²) >= 11 is 6.33. The molecule has 0 fully saturated rings. The molecule has 0 bridgehead atoms. The Labute approximate surface area is 139 Å². The minimum atomic E-state index is 0.444. The number of rotatable bonds is 6. The van der Waals surface area contributed by atoms with Crippen molar-refractivity contribution in [2.75, 3.05) is 13.7 Å². The van der Waals surface area contributed by atoms with Crippen LogP contribution in [0.3, 0.4) is 0 Å². The van der Waals surface area contributed by atoms with Crippen molar-refractivity contribution in [2.45, 2.75) is 6.54 Å². The Kier molecular flexibility index (Phi) is 4.53. The van der Waals surface area contributed by atoms with Gasteiger partial charge in [-0.25, -0.2) is 0 Å². The molecular weight excluding hydrogens is 314 g/mol. The lowest BCUT2D eigenvalue weighted by atomic mass is 10.2. The van der Waals surface area contributed by atoms with E-state index in [1.54, 1.807) is 7.11 Å². The van der Waals surface area contributed by atoms with Gasteiger partial charge in [-0.1, -0.05) is 29.8 Å². The predicted molar refractivity (Wildman–Crippen MR) is 90.8 cm³/mol. The second-order valence-corrected chi connectivity index (χ2v) is 5.37. The smallest absolute Gasteiger partial charge is 0.153 e. The van der Waals surface area contributed by atoms with Crippen molar-refractivity contribution in [3.05, 3.63) is 59.2 Å². The average Bonchev–Trinajstić information content (AvgIpc) is 2.87. The van der Waals surface area contributed by atoms with E-state index in [1.165, 1.54) is 0 Å². The molecule has 0 unspecified atom stereocenters. The van der Waals surface area contributed by atoms with Crippen molar-refractivity contribution >= 4 is 28.8 Å². The zero-order chi connectivity index (χ0) is 16.2. The van der Waals surface area contributed by atoms with E-state index in [0.717, 1.165) is 28.7 Å². The zero-order valence-corrected chi connectivity index (χ0v) is 13.4. The number of methoxy groups -OCH3 is 1. The first-order chi connectivity index (χ1) is 11.2. The maximum absolute atomic E-state index is 11.3. The van der Waals surface area contributed by atoms with Gasteiger partial charge in [-0.15, -0.1) is 0 Å². The number of fused-ring (bicyclic) bond motifs is 1. The molecule has 1 aromatic heterocycles. The number of carbonyl (C=O) groups excluding carboxylic acids is 1. The molecule has 0 amide bonds. The van der Waals surface area contributed by atoms with Crippen LogP contribution in [0, 0.1) is 0 Å². The number of hydrogen-bond donors (Lipinski definition) is 0. The molecule has 0 aliphatic carbocycles. The van der Waals surface area contributed by atoms with Gasteiger partial charge in [0.2, 0.25) is 0 Å². The summed E-state index contributed by atoms with van der Waals surface area (Å²) in [6.07, 6.45) is 0.797. The number of halogens is 1. The number of benzene rings is 2. The summed E-state index contributed by atoms with van der Waals surface area (Å²) in [6, 6.07) is 15.1. The predicted octanol–water partition coefficient (Wildman–Crippen LogP) is 4.19. The van der Waals surface area contributed by atoms with Crippen LogP contribution in [-0.2, 0) is 6.54 Å². The molecule has 1 heterocycles. The molecular formula is C18H16ClNO3. The topological polar surface area (TPSA) is 40.5 Å². The fraction of sp³-hybridized carbons (Fsp3) is 0.167. The van der Waals surface area contributed by atoms with Gasteiger partial charge in [0, 0.05) is 5.39 Å². The normalized spacial score (nSPS) is 10.7. The van der Waals surface area contributed by atoms with Crippen LogP contribution in [0.5, 0.6) is 11.5 Å². The van der Waals surface area contributed by atoms with Gasteiger partial charge in [0.05, 0.1) is 24.7 Å². The Balaban J connectivity index is 1.76. The molecule has 0 atom stereocenters. The summed E-state index contributed by atoms with van der Waals surface area (Å²) in [5.41, 5.74) is 1.45. The van der Waals surface area contributed by atoms with Gasteiger partial charge in [0.15, 0.2) is 6.29 Å². The second kappa shape index (κ2) is 6.75. The van der Waals surface area contributed by atoms with Gasteiger partial charge in [-0.05, 0) is 30.3 Å². The maximum Gasteiger partial charge on any atom is 0.153 e. The number of hydrogen-bond acceptors (Lipinski definition) is 3. The van der Waals surface area contributed by atoms with E-state index >= 15 is 0 Å². The van der Waals surface area contributed by atoms with Crippen molar-refractivity contribution < 1.29 is 14.3 Å². The number of aromatic nitrogens is 1. The first-order valence-electron chi connectivity index (χ1n) is 7.23. The average molecular weight is 330 g/mol. The van der Waals surface area contributed by atoms with Crippen LogP contribution < -0.4 is 9.47 Å². The summed E-state index contributed by atoms with van der Waals surface area (Å²) in [5.74, 6) is 1.54. The fourth-order valence-electron chi connectivity index (χ4n) is 2.56. The molecule has 0 aliphatic heterocycles. The third-order valence-corrected chi connectivity index (χ3v) is 4.11. The van der Waals surface area contributed by atoms with Crippen LogP contribution in [-0.4, -0.2) is 24.6 Å². The lowest BCUT2D eigenvalue weighted by Crippen LogP contribution is -2.08. The SMILES string of the molecule is COc1ccc(OCCn2c(Cl)c(C=O)c3ccccc32)cc1. The molecule has 0 spiro atoms. The van der Waals surface area contributed by atoms with Gasteiger partial charge in [-0.2, -0.15) is 0 Å². The van der Waals surface area contributed by atoms with Crippen LogP contribution in [0.1, 0.15) is 10.4 Å². The van der Waals surface area contributed by atoms with Gasteiger partial charge >= 0.3 is 0 Å². The van der Waals surface area contributed by atoms with E-state index in [4.69, 9.17) is 21.1 Å². The quantitative estimate of drug-likeness (QED) is 0.636. The summed E-state index contributed by atoms with van der Waals surface area (Å²) in [5, 5.41) is 1.30. The molecule has 2 aromatic carbocycles. The van der Waals surface area contributed by atoms with E-state index < -0.39 is 0 Å². The number of ether oxygens (including phenoxy) is 2. The Morgan fingerprint density at radius 3 is 2.48 bits per heavy atom. The molecule has 0 radical (unpaired) electrons. The number of aldehydes is 1. The van der Waals surface area contributed by atoms with E-state index in [0.29, 0.717) is 23.9 Å². The fourth-order valence-corrected chi connectivity index (χ4v) is 2.88. The van der Waals surface area contributed by atoms with Crippen LogP contribution >= 0.6 is 11.6 Å².